The van der Waals surface area contributed by atoms with Crippen molar-refractivity contribution in [2.45, 2.75) is 20.4 Å². The first kappa shape index (κ1) is 12.1. The number of rotatable bonds is 2. The maximum Gasteiger partial charge on any atom is 0.270 e. The third-order valence-electron chi connectivity index (χ3n) is 3.12. The summed E-state index contributed by atoms with van der Waals surface area (Å²) in [5, 5.41) is 0.756. The molecule has 0 N–H and O–H groups in total. The Bertz CT molecular complexity index is 787. The smallest absolute Gasteiger partial charge is 0.268 e. The summed E-state index contributed by atoms with van der Waals surface area (Å²) >= 11 is 1.44. The van der Waals surface area contributed by atoms with Crippen LogP contribution in [-0.4, -0.2) is 8.94 Å². The second-order valence-electron chi connectivity index (χ2n) is 4.68. The minimum atomic E-state index is 0.0638. The van der Waals surface area contributed by atoms with Crippen LogP contribution in [0.5, 0.6) is 0 Å². The Kier molecular flexibility index (Phi) is 2.95. The number of hydrogen-bond acceptors (Lipinski definition) is 3. The first-order valence-electron chi connectivity index (χ1n) is 6.17. The monoisotopic (exact) mass is 270 g/mol. The van der Waals surface area contributed by atoms with E-state index in [0.717, 1.165) is 27.0 Å². The summed E-state index contributed by atoms with van der Waals surface area (Å²) in [6.45, 7) is 4.54. The molecule has 3 rings (SSSR count). The molecule has 0 aliphatic rings. The molecule has 96 valence electrons. The van der Waals surface area contributed by atoms with E-state index in [9.17, 15) is 4.79 Å². The maximum absolute atomic E-state index is 12.4. The van der Waals surface area contributed by atoms with Gasteiger partial charge in [-0.25, -0.2) is 4.98 Å². The molecule has 3 nitrogen and oxygen atoms in total. The van der Waals surface area contributed by atoms with Gasteiger partial charge in [0.25, 0.3) is 5.56 Å². The molecule has 19 heavy (non-hydrogen) atoms. The zero-order valence-corrected chi connectivity index (χ0v) is 11.7. The standard InChI is InChI=1S/C15H14N2OS/c1-10-8-11(2)16-14-13(10)15(18)17(19-14)9-12-6-4-3-5-7-12/h3-8H,9H2,1-2H3. The summed E-state index contributed by atoms with van der Waals surface area (Å²) < 4.78 is 1.78. The van der Waals surface area contributed by atoms with Crippen molar-refractivity contribution in [3.63, 3.8) is 0 Å². The largest absolute Gasteiger partial charge is 0.270 e. The molecular weight excluding hydrogens is 256 g/mol. The number of aryl methyl sites for hydroxylation is 2. The molecule has 4 heteroatoms. The van der Waals surface area contributed by atoms with Crippen LogP contribution in [0, 0.1) is 13.8 Å². The number of aromatic nitrogens is 2. The molecule has 0 spiro atoms. The zero-order chi connectivity index (χ0) is 13.4. The Balaban J connectivity index is 2.13. The molecule has 0 aliphatic heterocycles. The van der Waals surface area contributed by atoms with Gasteiger partial charge in [-0.1, -0.05) is 30.3 Å². The van der Waals surface area contributed by atoms with Crippen LogP contribution in [0.4, 0.5) is 0 Å². The normalized spacial score (nSPS) is 11.1. The maximum atomic E-state index is 12.4. The van der Waals surface area contributed by atoms with Gasteiger partial charge in [0.15, 0.2) is 0 Å². The number of hydrogen-bond donors (Lipinski definition) is 0. The summed E-state index contributed by atoms with van der Waals surface area (Å²) in [6.07, 6.45) is 0. The predicted molar refractivity (Wildman–Crippen MR) is 78.9 cm³/mol. The van der Waals surface area contributed by atoms with E-state index >= 15 is 0 Å². The predicted octanol–water partition coefficient (Wildman–Crippen LogP) is 3.12. The summed E-state index contributed by atoms with van der Waals surface area (Å²) in [6, 6.07) is 12.0. The van der Waals surface area contributed by atoms with Gasteiger partial charge in [0.05, 0.1) is 11.9 Å². The molecule has 0 amide bonds. The van der Waals surface area contributed by atoms with Crippen molar-refractivity contribution in [3.8, 4) is 0 Å². The van der Waals surface area contributed by atoms with Gasteiger partial charge in [-0.05, 0) is 42.6 Å². The summed E-state index contributed by atoms with van der Waals surface area (Å²) in [4.78, 5) is 17.7. The Morgan fingerprint density at radius 1 is 1.21 bits per heavy atom. The molecule has 0 unspecified atom stereocenters. The number of fused-ring (bicyclic) bond motifs is 1. The summed E-state index contributed by atoms with van der Waals surface area (Å²) in [5.74, 6) is 0. The number of benzene rings is 1. The van der Waals surface area contributed by atoms with Gasteiger partial charge in [0.1, 0.15) is 4.83 Å². The first-order chi connectivity index (χ1) is 9.15. The van der Waals surface area contributed by atoms with E-state index in [4.69, 9.17) is 0 Å². The van der Waals surface area contributed by atoms with Crippen LogP contribution in [0.2, 0.25) is 0 Å². The lowest BCUT2D eigenvalue weighted by molar-refractivity contribution is 0.854. The van der Waals surface area contributed by atoms with E-state index in [1.165, 1.54) is 11.5 Å². The molecule has 0 bridgehead atoms. The van der Waals surface area contributed by atoms with Gasteiger partial charge in [0, 0.05) is 5.69 Å². The molecule has 0 aliphatic carbocycles. The lowest BCUT2D eigenvalue weighted by atomic mass is 10.2. The molecule has 0 saturated heterocycles. The van der Waals surface area contributed by atoms with Crippen LogP contribution in [0.3, 0.4) is 0 Å². The highest BCUT2D eigenvalue weighted by Gasteiger charge is 2.12. The molecule has 0 saturated carbocycles. The average molecular weight is 270 g/mol. The molecule has 0 fully saturated rings. The van der Waals surface area contributed by atoms with Crippen molar-refractivity contribution < 1.29 is 0 Å². The fraction of sp³-hybridized carbons (Fsp3) is 0.200. The summed E-state index contributed by atoms with van der Waals surface area (Å²) in [5.41, 5.74) is 3.16. The van der Waals surface area contributed by atoms with Crippen molar-refractivity contribution in [2.24, 2.45) is 0 Å². The van der Waals surface area contributed by atoms with Crippen molar-refractivity contribution in [2.75, 3.05) is 0 Å². The van der Waals surface area contributed by atoms with Crippen LogP contribution in [-0.2, 0) is 6.54 Å². The lowest BCUT2D eigenvalue weighted by Crippen LogP contribution is -2.14. The quantitative estimate of drug-likeness (QED) is 0.717. The molecule has 1 aromatic carbocycles. The van der Waals surface area contributed by atoms with Gasteiger partial charge >= 0.3 is 0 Å². The van der Waals surface area contributed by atoms with Gasteiger partial charge < -0.3 is 0 Å². The van der Waals surface area contributed by atoms with Crippen molar-refractivity contribution in [1.29, 1.82) is 0 Å². The third-order valence-corrected chi connectivity index (χ3v) is 4.10. The molecule has 2 heterocycles. The van der Waals surface area contributed by atoms with Crippen molar-refractivity contribution >= 4 is 21.7 Å². The molecule has 0 radical (unpaired) electrons. The van der Waals surface area contributed by atoms with E-state index in [1.54, 1.807) is 3.96 Å². The molecule has 2 aromatic heterocycles. The first-order valence-corrected chi connectivity index (χ1v) is 6.94. The van der Waals surface area contributed by atoms with Crippen molar-refractivity contribution in [3.05, 3.63) is 63.6 Å². The fourth-order valence-electron chi connectivity index (χ4n) is 2.25. The second kappa shape index (κ2) is 4.63. The van der Waals surface area contributed by atoms with Crippen LogP contribution >= 0.6 is 11.5 Å². The van der Waals surface area contributed by atoms with Gasteiger partial charge in [-0.15, -0.1) is 0 Å². The highest BCUT2D eigenvalue weighted by molar-refractivity contribution is 7.13. The Labute approximate surface area is 115 Å². The lowest BCUT2D eigenvalue weighted by Gasteiger charge is -1.99. The SMILES string of the molecule is Cc1cc(C)c2c(=O)n(Cc3ccccc3)sc2n1. The highest BCUT2D eigenvalue weighted by atomic mass is 32.1. The van der Waals surface area contributed by atoms with Crippen LogP contribution in [0.15, 0.2) is 41.2 Å². The fourth-order valence-corrected chi connectivity index (χ4v) is 3.37. The zero-order valence-electron chi connectivity index (χ0n) is 10.9. The van der Waals surface area contributed by atoms with Crippen LogP contribution in [0.1, 0.15) is 16.8 Å². The highest BCUT2D eigenvalue weighted by Crippen LogP contribution is 2.19. The minimum Gasteiger partial charge on any atom is -0.268 e. The van der Waals surface area contributed by atoms with E-state index in [-0.39, 0.29) is 5.56 Å². The topological polar surface area (TPSA) is 34.9 Å². The van der Waals surface area contributed by atoms with E-state index in [0.29, 0.717) is 6.54 Å². The second-order valence-corrected chi connectivity index (χ2v) is 5.69. The number of pyridine rings is 1. The van der Waals surface area contributed by atoms with E-state index < -0.39 is 0 Å². The van der Waals surface area contributed by atoms with Gasteiger partial charge in [0.2, 0.25) is 0 Å². The van der Waals surface area contributed by atoms with E-state index in [2.05, 4.69) is 4.98 Å². The average Bonchev–Trinajstić information content (AvgIpc) is 2.67. The summed E-state index contributed by atoms with van der Waals surface area (Å²) in [7, 11) is 0. The third kappa shape index (κ3) is 2.19. The Hall–Kier alpha value is -1.94. The molecular formula is C15H14N2OS. The van der Waals surface area contributed by atoms with Gasteiger partial charge in [-0.3, -0.25) is 8.75 Å². The number of nitrogens with zero attached hydrogens (tertiary/aromatic N) is 2. The Morgan fingerprint density at radius 3 is 2.68 bits per heavy atom. The molecule has 0 atom stereocenters. The van der Waals surface area contributed by atoms with Gasteiger partial charge in [-0.2, -0.15) is 0 Å². The van der Waals surface area contributed by atoms with Crippen LogP contribution in [0.25, 0.3) is 10.2 Å². The van der Waals surface area contributed by atoms with Crippen LogP contribution < -0.4 is 5.56 Å². The van der Waals surface area contributed by atoms with Crippen molar-refractivity contribution in [1.82, 2.24) is 8.94 Å². The Morgan fingerprint density at radius 2 is 1.95 bits per heavy atom. The minimum absolute atomic E-state index is 0.0638. The molecule has 3 aromatic rings. The van der Waals surface area contributed by atoms with E-state index in [1.807, 2.05) is 50.2 Å².